The van der Waals surface area contributed by atoms with Crippen LogP contribution in [0.3, 0.4) is 0 Å². The van der Waals surface area contributed by atoms with Crippen LogP contribution in [0.5, 0.6) is 5.75 Å². The first-order chi connectivity index (χ1) is 12.1. The molecule has 9 nitrogen and oxygen atoms in total. The van der Waals surface area contributed by atoms with Gasteiger partial charge in [-0.3, -0.25) is 14.5 Å². The van der Waals surface area contributed by atoms with Crippen molar-refractivity contribution in [1.82, 2.24) is 4.90 Å². The van der Waals surface area contributed by atoms with E-state index in [4.69, 9.17) is 16.6 Å². The third-order valence-electron chi connectivity index (χ3n) is 3.86. The third kappa shape index (κ3) is 5.25. The van der Waals surface area contributed by atoms with E-state index in [1.54, 1.807) is 26.0 Å². The minimum atomic E-state index is -1.46. The van der Waals surface area contributed by atoms with Gasteiger partial charge in [0.15, 0.2) is 0 Å². The molecular weight excluding hydrogens is 342 g/mol. The van der Waals surface area contributed by atoms with E-state index in [0.717, 1.165) is 0 Å². The number of carbonyl (C=O) groups is 3. The lowest BCUT2D eigenvalue weighted by Crippen LogP contribution is -2.60. The monoisotopic (exact) mass is 367 g/mol. The zero-order valence-electron chi connectivity index (χ0n) is 14.7. The molecule has 0 saturated heterocycles. The van der Waals surface area contributed by atoms with E-state index in [-0.39, 0.29) is 12.2 Å². The quantitative estimate of drug-likeness (QED) is 0.392. The fourth-order valence-electron chi connectivity index (χ4n) is 2.49. The van der Waals surface area contributed by atoms with Crippen LogP contribution >= 0.6 is 0 Å². The Labute approximate surface area is 151 Å². The standard InChI is InChI=1S/C17H25N3O6/c1-9(2)14(17(25)26)20(16(24)13(19)8-21)15(23)12(18)7-10-3-5-11(22)6-4-10/h3-6,9,12-14,21-22H,7-8,18-19H2,1-2H3,(H,25,26). The van der Waals surface area contributed by atoms with Gasteiger partial charge in [0.05, 0.1) is 12.6 Å². The van der Waals surface area contributed by atoms with Crippen LogP contribution < -0.4 is 11.5 Å². The number of aliphatic hydroxyl groups is 1. The molecular formula is C17H25N3O6. The van der Waals surface area contributed by atoms with Crippen molar-refractivity contribution in [3.05, 3.63) is 29.8 Å². The number of imide groups is 1. The summed E-state index contributed by atoms with van der Waals surface area (Å²) < 4.78 is 0. The maximum absolute atomic E-state index is 12.8. The van der Waals surface area contributed by atoms with Crippen molar-refractivity contribution in [3.8, 4) is 5.75 Å². The van der Waals surface area contributed by atoms with E-state index in [2.05, 4.69) is 0 Å². The lowest BCUT2D eigenvalue weighted by atomic mass is 9.98. The molecule has 3 unspecified atom stereocenters. The van der Waals surface area contributed by atoms with Crippen molar-refractivity contribution < 1.29 is 29.7 Å². The molecule has 0 heterocycles. The molecule has 0 aliphatic rings. The van der Waals surface area contributed by atoms with E-state index in [9.17, 15) is 24.6 Å². The summed E-state index contributed by atoms with van der Waals surface area (Å²) in [6, 6.07) is 1.88. The highest BCUT2D eigenvalue weighted by atomic mass is 16.4. The number of amides is 2. The SMILES string of the molecule is CC(C)C(C(=O)O)N(C(=O)C(N)CO)C(=O)C(N)Cc1ccc(O)cc1. The van der Waals surface area contributed by atoms with Crippen LogP contribution in [0.1, 0.15) is 19.4 Å². The highest BCUT2D eigenvalue weighted by Crippen LogP contribution is 2.17. The number of carbonyl (C=O) groups excluding carboxylic acids is 2. The number of hydrogen-bond acceptors (Lipinski definition) is 7. The molecule has 26 heavy (non-hydrogen) atoms. The molecule has 0 aromatic heterocycles. The normalized spacial score (nSPS) is 14.5. The maximum Gasteiger partial charge on any atom is 0.327 e. The number of phenolic OH excluding ortho intramolecular Hbond substituents is 1. The van der Waals surface area contributed by atoms with Crippen LogP contribution in [0.25, 0.3) is 0 Å². The molecule has 0 radical (unpaired) electrons. The van der Waals surface area contributed by atoms with Gasteiger partial charge in [-0.25, -0.2) is 4.79 Å². The molecule has 3 atom stereocenters. The first-order valence-corrected chi connectivity index (χ1v) is 8.09. The number of carboxylic acids is 1. The molecule has 2 amide bonds. The van der Waals surface area contributed by atoms with E-state index < -0.39 is 48.4 Å². The van der Waals surface area contributed by atoms with Gasteiger partial charge >= 0.3 is 5.97 Å². The van der Waals surface area contributed by atoms with Gasteiger partial charge < -0.3 is 26.8 Å². The number of hydrogen-bond donors (Lipinski definition) is 5. The lowest BCUT2D eigenvalue weighted by Gasteiger charge is -2.33. The number of nitrogens with two attached hydrogens (primary N) is 2. The molecule has 1 aromatic carbocycles. The van der Waals surface area contributed by atoms with Gasteiger partial charge in [0.25, 0.3) is 0 Å². The number of carboxylic acid groups (broad SMARTS) is 1. The molecule has 0 fully saturated rings. The molecule has 0 aliphatic heterocycles. The van der Waals surface area contributed by atoms with E-state index in [1.807, 2.05) is 0 Å². The van der Waals surface area contributed by atoms with E-state index in [0.29, 0.717) is 10.5 Å². The molecule has 144 valence electrons. The summed E-state index contributed by atoms with van der Waals surface area (Å²) in [4.78, 5) is 37.3. The molecule has 1 aromatic rings. The van der Waals surface area contributed by atoms with Crippen LogP contribution in [0.4, 0.5) is 0 Å². The summed E-state index contributed by atoms with van der Waals surface area (Å²) in [5.41, 5.74) is 12.0. The van der Waals surface area contributed by atoms with Gasteiger partial charge in [-0.2, -0.15) is 0 Å². The molecule has 0 saturated carbocycles. The Morgan fingerprint density at radius 1 is 1.04 bits per heavy atom. The number of rotatable bonds is 8. The third-order valence-corrected chi connectivity index (χ3v) is 3.86. The van der Waals surface area contributed by atoms with Crippen LogP contribution in [-0.2, 0) is 20.8 Å². The summed E-state index contributed by atoms with van der Waals surface area (Å²) >= 11 is 0. The summed E-state index contributed by atoms with van der Waals surface area (Å²) in [5.74, 6) is -3.81. The maximum atomic E-state index is 12.8. The molecule has 0 bridgehead atoms. The first kappa shape index (κ1) is 21.6. The van der Waals surface area contributed by atoms with Gasteiger partial charge in [-0.05, 0) is 30.0 Å². The number of aliphatic hydroxyl groups excluding tert-OH is 1. The van der Waals surface area contributed by atoms with E-state index in [1.165, 1.54) is 12.1 Å². The van der Waals surface area contributed by atoms with Gasteiger partial charge in [-0.1, -0.05) is 26.0 Å². The topological polar surface area (TPSA) is 167 Å². The Morgan fingerprint density at radius 3 is 1.96 bits per heavy atom. The van der Waals surface area contributed by atoms with Gasteiger partial charge in [-0.15, -0.1) is 0 Å². The molecule has 7 N–H and O–H groups in total. The summed E-state index contributed by atoms with van der Waals surface area (Å²) in [6.07, 6.45) is 0.0295. The number of aliphatic carboxylic acids is 1. The second-order valence-corrected chi connectivity index (χ2v) is 6.34. The van der Waals surface area contributed by atoms with Crippen molar-refractivity contribution in [2.75, 3.05) is 6.61 Å². The predicted molar refractivity (Wildman–Crippen MR) is 93.0 cm³/mol. The highest BCUT2D eigenvalue weighted by molar-refractivity contribution is 6.03. The number of aromatic hydroxyl groups is 1. The van der Waals surface area contributed by atoms with Gasteiger partial charge in [0, 0.05) is 0 Å². The number of benzene rings is 1. The average Bonchev–Trinajstić information content (AvgIpc) is 2.58. The molecule has 1 rings (SSSR count). The van der Waals surface area contributed by atoms with Crippen LogP contribution in [0, 0.1) is 5.92 Å². The zero-order valence-corrected chi connectivity index (χ0v) is 14.7. The van der Waals surface area contributed by atoms with Crippen molar-refractivity contribution in [1.29, 1.82) is 0 Å². The Hall–Kier alpha value is -2.49. The van der Waals surface area contributed by atoms with Crippen molar-refractivity contribution in [3.63, 3.8) is 0 Å². The Morgan fingerprint density at radius 2 is 1.54 bits per heavy atom. The minimum Gasteiger partial charge on any atom is -0.508 e. The molecule has 9 heteroatoms. The summed E-state index contributed by atoms with van der Waals surface area (Å²) in [7, 11) is 0. The van der Waals surface area contributed by atoms with E-state index >= 15 is 0 Å². The van der Waals surface area contributed by atoms with Crippen molar-refractivity contribution in [2.45, 2.75) is 38.4 Å². The fourth-order valence-corrected chi connectivity index (χ4v) is 2.49. The van der Waals surface area contributed by atoms with Crippen LogP contribution in [0.2, 0.25) is 0 Å². The van der Waals surface area contributed by atoms with Gasteiger partial charge in [0.1, 0.15) is 17.8 Å². The second kappa shape index (κ2) is 9.27. The number of nitrogens with zero attached hydrogens (tertiary/aromatic N) is 1. The second-order valence-electron chi connectivity index (χ2n) is 6.34. The number of phenols is 1. The predicted octanol–water partition coefficient (Wildman–Crippen LogP) is -0.954. The van der Waals surface area contributed by atoms with Crippen LogP contribution in [-0.4, -0.2) is 62.7 Å². The fraction of sp³-hybridized carbons (Fsp3) is 0.471. The molecule has 0 aliphatic carbocycles. The minimum absolute atomic E-state index is 0.0295. The first-order valence-electron chi connectivity index (χ1n) is 8.09. The van der Waals surface area contributed by atoms with Crippen LogP contribution in [0.15, 0.2) is 24.3 Å². The Kier molecular flexibility index (Phi) is 7.69. The summed E-state index contributed by atoms with van der Waals surface area (Å²) in [5, 5.41) is 27.8. The van der Waals surface area contributed by atoms with Crippen molar-refractivity contribution in [2.24, 2.45) is 17.4 Å². The smallest absolute Gasteiger partial charge is 0.327 e. The Bertz CT molecular complexity index is 646. The zero-order chi connectivity index (χ0) is 20.0. The Balaban J connectivity index is 3.14. The van der Waals surface area contributed by atoms with Gasteiger partial charge in [0.2, 0.25) is 11.8 Å². The lowest BCUT2D eigenvalue weighted by molar-refractivity contribution is -0.161. The average molecular weight is 367 g/mol. The largest absolute Gasteiger partial charge is 0.508 e. The van der Waals surface area contributed by atoms with Crippen molar-refractivity contribution >= 4 is 17.8 Å². The molecule has 0 spiro atoms. The summed E-state index contributed by atoms with van der Waals surface area (Å²) in [6.45, 7) is 2.35. The highest BCUT2D eigenvalue weighted by Gasteiger charge is 2.40.